The molecule has 0 amide bonds. The summed E-state index contributed by atoms with van der Waals surface area (Å²) in [5, 5.41) is 2.49. The number of nitrogens with one attached hydrogen (secondary N) is 2. The summed E-state index contributed by atoms with van der Waals surface area (Å²) in [6.45, 7) is 3.75. The van der Waals surface area contributed by atoms with Crippen LogP contribution in [-0.2, 0) is 0 Å². The standard InChI is InChI=1S/C16H15F3N4O3/c1-8(2)12(9-3-5-10(6-4-9)26-16(17,18)19)23-13-11(15(25)22-23)14(24)21-7-20-13/h3-8,12H,1-2H3,(H,22,25)(H,20,21,24). The van der Waals surface area contributed by atoms with Crippen LogP contribution in [0.25, 0.3) is 11.0 Å². The van der Waals surface area contributed by atoms with E-state index in [2.05, 4.69) is 19.8 Å². The highest BCUT2D eigenvalue weighted by Gasteiger charge is 2.31. The fraction of sp³-hybridized carbons (Fsp3) is 0.312. The third kappa shape index (κ3) is 3.35. The van der Waals surface area contributed by atoms with Crippen molar-refractivity contribution in [1.29, 1.82) is 0 Å². The van der Waals surface area contributed by atoms with Gasteiger partial charge in [0, 0.05) is 0 Å². The van der Waals surface area contributed by atoms with Gasteiger partial charge in [-0.3, -0.25) is 19.4 Å². The lowest BCUT2D eigenvalue weighted by Gasteiger charge is -2.23. The zero-order valence-corrected chi connectivity index (χ0v) is 13.8. The molecule has 0 aliphatic carbocycles. The third-order valence-corrected chi connectivity index (χ3v) is 3.88. The fourth-order valence-electron chi connectivity index (χ4n) is 2.90. The molecular weight excluding hydrogens is 353 g/mol. The summed E-state index contributed by atoms with van der Waals surface area (Å²) in [6.07, 6.45) is -3.59. The maximum atomic E-state index is 12.3. The molecule has 1 atom stereocenters. The molecule has 0 radical (unpaired) electrons. The molecule has 2 aromatic heterocycles. The summed E-state index contributed by atoms with van der Waals surface area (Å²) in [6, 6.07) is 4.89. The van der Waals surface area contributed by atoms with Gasteiger partial charge in [-0.25, -0.2) is 4.98 Å². The lowest BCUT2D eigenvalue weighted by molar-refractivity contribution is -0.274. The van der Waals surface area contributed by atoms with Crippen LogP contribution < -0.4 is 15.9 Å². The zero-order chi connectivity index (χ0) is 19.1. The van der Waals surface area contributed by atoms with Crippen LogP contribution in [0.2, 0.25) is 0 Å². The van der Waals surface area contributed by atoms with E-state index in [0.717, 1.165) is 0 Å². The number of fused-ring (bicyclic) bond motifs is 1. The van der Waals surface area contributed by atoms with E-state index in [0.29, 0.717) is 5.56 Å². The summed E-state index contributed by atoms with van der Waals surface area (Å²) in [5.74, 6) is -0.402. The molecule has 0 spiro atoms. The summed E-state index contributed by atoms with van der Waals surface area (Å²) in [4.78, 5) is 30.4. The second-order valence-corrected chi connectivity index (χ2v) is 6.05. The first-order chi connectivity index (χ1) is 12.2. The topological polar surface area (TPSA) is 92.8 Å². The first kappa shape index (κ1) is 17.8. The van der Waals surface area contributed by atoms with Crippen LogP contribution in [0.4, 0.5) is 13.2 Å². The molecule has 2 N–H and O–H groups in total. The summed E-state index contributed by atoms with van der Waals surface area (Å²) in [5.41, 5.74) is -0.346. The maximum absolute atomic E-state index is 12.3. The van der Waals surface area contributed by atoms with E-state index in [-0.39, 0.29) is 22.7 Å². The van der Waals surface area contributed by atoms with Crippen molar-refractivity contribution < 1.29 is 17.9 Å². The molecule has 3 aromatic rings. The minimum atomic E-state index is -4.77. The van der Waals surface area contributed by atoms with E-state index in [4.69, 9.17) is 0 Å². The van der Waals surface area contributed by atoms with Crippen molar-refractivity contribution in [3.63, 3.8) is 0 Å². The highest BCUT2D eigenvalue weighted by Crippen LogP contribution is 2.30. The van der Waals surface area contributed by atoms with Gasteiger partial charge >= 0.3 is 6.36 Å². The molecule has 0 saturated carbocycles. The Balaban J connectivity index is 2.08. The molecular formula is C16H15F3N4O3. The Kier molecular flexibility index (Phi) is 4.34. The fourth-order valence-corrected chi connectivity index (χ4v) is 2.90. The number of alkyl halides is 3. The zero-order valence-electron chi connectivity index (χ0n) is 13.8. The lowest BCUT2D eigenvalue weighted by Crippen LogP contribution is -2.20. The van der Waals surface area contributed by atoms with Gasteiger partial charge in [-0.2, -0.15) is 0 Å². The maximum Gasteiger partial charge on any atom is 0.573 e. The average Bonchev–Trinajstić information content (AvgIpc) is 2.86. The molecule has 0 bridgehead atoms. The Morgan fingerprint density at radius 3 is 2.35 bits per heavy atom. The number of aromatic amines is 2. The van der Waals surface area contributed by atoms with Crippen molar-refractivity contribution in [2.45, 2.75) is 26.3 Å². The molecule has 10 heteroatoms. The van der Waals surface area contributed by atoms with Crippen LogP contribution in [-0.4, -0.2) is 26.1 Å². The van der Waals surface area contributed by atoms with Crippen LogP contribution in [0.1, 0.15) is 25.5 Å². The van der Waals surface area contributed by atoms with E-state index in [9.17, 15) is 22.8 Å². The molecule has 7 nitrogen and oxygen atoms in total. The van der Waals surface area contributed by atoms with Crippen molar-refractivity contribution in [2.75, 3.05) is 0 Å². The van der Waals surface area contributed by atoms with E-state index >= 15 is 0 Å². The SMILES string of the molecule is CC(C)C(c1ccc(OC(F)(F)F)cc1)n1[nH]c(=O)c2c(=O)[nH]cnc21. The van der Waals surface area contributed by atoms with Gasteiger partial charge in [0.15, 0.2) is 11.0 Å². The summed E-state index contributed by atoms with van der Waals surface area (Å²) < 4.78 is 42.2. The molecule has 0 aliphatic heterocycles. The average molecular weight is 368 g/mol. The van der Waals surface area contributed by atoms with Crippen molar-refractivity contribution in [3.8, 4) is 5.75 Å². The second kappa shape index (κ2) is 6.36. The van der Waals surface area contributed by atoms with Crippen molar-refractivity contribution in [2.24, 2.45) is 5.92 Å². The highest BCUT2D eigenvalue weighted by atomic mass is 19.4. The first-order valence-corrected chi connectivity index (χ1v) is 7.71. The Morgan fingerprint density at radius 1 is 1.12 bits per heavy atom. The Bertz CT molecular complexity index is 1030. The number of hydrogen-bond acceptors (Lipinski definition) is 4. The highest BCUT2D eigenvalue weighted by molar-refractivity contribution is 5.72. The predicted molar refractivity (Wildman–Crippen MR) is 87.1 cm³/mol. The van der Waals surface area contributed by atoms with Gasteiger partial charge in [-0.05, 0) is 23.6 Å². The minimum Gasteiger partial charge on any atom is -0.406 e. The minimum absolute atomic E-state index is 0.0586. The number of hydrogen-bond donors (Lipinski definition) is 2. The number of halogens is 3. The van der Waals surface area contributed by atoms with Gasteiger partial charge < -0.3 is 9.72 Å². The van der Waals surface area contributed by atoms with Crippen LogP contribution in [0.15, 0.2) is 40.2 Å². The predicted octanol–water partition coefficient (Wildman–Crippen LogP) is 2.56. The van der Waals surface area contributed by atoms with E-state index in [1.54, 1.807) is 0 Å². The van der Waals surface area contributed by atoms with Crippen LogP contribution in [0.5, 0.6) is 5.75 Å². The van der Waals surface area contributed by atoms with Crippen LogP contribution >= 0.6 is 0 Å². The molecule has 26 heavy (non-hydrogen) atoms. The Labute approximate surface area is 144 Å². The van der Waals surface area contributed by atoms with E-state index < -0.39 is 23.5 Å². The molecule has 1 unspecified atom stereocenters. The van der Waals surface area contributed by atoms with E-state index in [1.165, 1.54) is 35.3 Å². The van der Waals surface area contributed by atoms with Crippen molar-refractivity contribution in [3.05, 3.63) is 56.9 Å². The Hall–Kier alpha value is -3.04. The number of rotatable bonds is 4. The molecule has 2 heterocycles. The molecule has 138 valence electrons. The lowest BCUT2D eigenvalue weighted by atomic mass is 9.96. The first-order valence-electron chi connectivity index (χ1n) is 7.71. The second-order valence-electron chi connectivity index (χ2n) is 6.05. The normalized spacial score (nSPS) is 13.3. The van der Waals surface area contributed by atoms with E-state index in [1.807, 2.05) is 13.8 Å². The van der Waals surface area contributed by atoms with Crippen LogP contribution in [0, 0.1) is 5.92 Å². The monoisotopic (exact) mass is 368 g/mol. The van der Waals surface area contributed by atoms with Gasteiger partial charge in [-0.1, -0.05) is 26.0 Å². The van der Waals surface area contributed by atoms with Gasteiger partial charge in [0.05, 0.1) is 12.4 Å². The van der Waals surface area contributed by atoms with Gasteiger partial charge in [-0.15, -0.1) is 13.2 Å². The van der Waals surface area contributed by atoms with Gasteiger partial charge in [0.1, 0.15) is 5.75 Å². The number of ether oxygens (including phenoxy) is 1. The summed E-state index contributed by atoms with van der Waals surface area (Å²) in [7, 11) is 0. The third-order valence-electron chi connectivity index (χ3n) is 3.88. The molecule has 0 saturated heterocycles. The quantitative estimate of drug-likeness (QED) is 0.740. The molecule has 0 fully saturated rings. The van der Waals surface area contributed by atoms with Gasteiger partial charge in [0.25, 0.3) is 11.1 Å². The smallest absolute Gasteiger partial charge is 0.406 e. The Morgan fingerprint density at radius 2 is 1.77 bits per heavy atom. The van der Waals surface area contributed by atoms with Gasteiger partial charge in [0.2, 0.25) is 0 Å². The molecule has 3 rings (SSSR count). The number of aromatic nitrogens is 4. The number of nitrogens with zero attached hydrogens (tertiary/aromatic N) is 2. The largest absolute Gasteiger partial charge is 0.573 e. The molecule has 1 aromatic carbocycles. The van der Waals surface area contributed by atoms with Crippen molar-refractivity contribution in [1.82, 2.24) is 19.7 Å². The molecule has 0 aliphatic rings. The number of H-pyrrole nitrogens is 2. The summed E-state index contributed by atoms with van der Waals surface area (Å²) >= 11 is 0. The van der Waals surface area contributed by atoms with Crippen molar-refractivity contribution >= 4 is 11.0 Å². The number of benzene rings is 1. The van der Waals surface area contributed by atoms with Crippen LogP contribution in [0.3, 0.4) is 0 Å².